The standard InChI is InChI=1S/C25H26N2O4/c1-30-19-11-5-10-18(15-19)27-16-25-13-12-20(31-25)21(22(25)24(27)29)23(28)26-14-6-9-17-7-3-2-4-8-17/h2-5,7-8,10-13,15,20-22H,6,9,14,16H2,1H3,(H,26,28)/t20-,21+,22-,25-/m1/s1. The highest BCUT2D eigenvalue weighted by Crippen LogP contribution is 2.52. The Morgan fingerprint density at radius 3 is 2.87 bits per heavy atom. The van der Waals surface area contributed by atoms with E-state index in [2.05, 4.69) is 17.4 Å². The lowest BCUT2D eigenvalue weighted by Gasteiger charge is -2.23. The summed E-state index contributed by atoms with van der Waals surface area (Å²) in [6.07, 6.45) is 5.33. The number of fused-ring (bicyclic) bond motifs is 1. The van der Waals surface area contributed by atoms with Crippen LogP contribution in [0.15, 0.2) is 66.7 Å². The monoisotopic (exact) mass is 418 g/mol. The average Bonchev–Trinajstić information content (AvgIpc) is 3.45. The van der Waals surface area contributed by atoms with Gasteiger partial charge in [0.1, 0.15) is 11.4 Å². The molecule has 2 amide bonds. The van der Waals surface area contributed by atoms with Crippen LogP contribution >= 0.6 is 0 Å². The van der Waals surface area contributed by atoms with Crippen molar-refractivity contribution in [2.24, 2.45) is 11.8 Å². The molecule has 31 heavy (non-hydrogen) atoms. The molecule has 0 saturated carbocycles. The van der Waals surface area contributed by atoms with Crippen LogP contribution in [-0.4, -0.2) is 43.7 Å². The van der Waals surface area contributed by atoms with Gasteiger partial charge in [-0.05, 0) is 30.5 Å². The molecular formula is C25H26N2O4. The van der Waals surface area contributed by atoms with Crippen LogP contribution in [-0.2, 0) is 20.7 Å². The van der Waals surface area contributed by atoms with E-state index in [9.17, 15) is 9.59 Å². The molecule has 1 N–H and O–H groups in total. The third kappa shape index (κ3) is 3.41. The number of benzene rings is 2. The largest absolute Gasteiger partial charge is 0.497 e. The van der Waals surface area contributed by atoms with Crippen LogP contribution in [0.25, 0.3) is 0 Å². The minimum Gasteiger partial charge on any atom is -0.497 e. The number of aryl methyl sites for hydroxylation is 1. The first kappa shape index (κ1) is 19.8. The van der Waals surface area contributed by atoms with E-state index in [1.165, 1.54) is 5.56 Å². The fourth-order valence-corrected chi connectivity index (χ4v) is 5.06. The van der Waals surface area contributed by atoms with Crippen LogP contribution in [0, 0.1) is 11.8 Å². The van der Waals surface area contributed by atoms with Gasteiger partial charge in [0.05, 0.1) is 31.6 Å². The van der Waals surface area contributed by atoms with E-state index in [0.717, 1.165) is 18.5 Å². The first-order valence-corrected chi connectivity index (χ1v) is 10.8. The summed E-state index contributed by atoms with van der Waals surface area (Å²) in [5, 5.41) is 3.04. The zero-order valence-corrected chi connectivity index (χ0v) is 17.5. The molecule has 0 aliphatic carbocycles. The Hall–Kier alpha value is -3.12. The van der Waals surface area contributed by atoms with Crippen molar-refractivity contribution < 1.29 is 19.1 Å². The van der Waals surface area contributed by atoms with E-state index in [0.29, 0.717) is 18.8 Å². The van der Waals surface area contributed by atoms with Crippen LogP contribution < -0.4 is 15.0 Å². The van der Waals surface area contributed by atoms with Gasteiger partial charge < -0.3 is 19.7 Å². The lowest BCUT2D eigenvalue weighted by molar-refractivity contribution is -0.131. The molecule has 3 heterocycles. The number of carbonyl (C=O) groups excluding carboxylic acids is 2. The topological polar surface area (TPSA) is 67.9 Å². The summed E-state index contributed by atoms with van der Waals surface area (Å²) in [6.45, 7) is 0.989. The molecule has 2 bridgehead atoms. The predicted octanol–water partition coefficient (Wildman–Crippen LogP) is 2.73. The fraction of sp³-hybridized carbons (Fsp3) is 0.360. The van der Waals surface area contributed by atoms with Crippen LogP contribution in [0.4, 0.5) is 5.69 Å². The van der Waals surface area contributed by atoms with Gasteiger partial charge in [0.2, 0.25) is 11.8 Å². The summed E-state index contributed by atoms with van der Waals surface area (Å²) in [5.74, 6) is -0.472. The summed E-state index contributed by atoms with van der Waals surface area (Å²) in [4.78, 5) is 28.2. The van der Waals surface area contributed by atoms with Crippen molar-refractivity contribution in [3.8, 4) is 5.75 Å². The molecule has 5 rings (SSSR count). The van der Waals surface area contributed by atoms with E-state index in [1.807, 2.05) is 54.6 Å². The summed E-state index contributed by atoms with van der Waals surface area (Å²) in [6, 6.07) is 17.6. The van der Waals surface area contributed by atoms with Crippen molar-refractivity contribution in [3.63, 3.8) is 0 Å². The molecule has 0 radical (unpaired) electrons. The van der Waals surface area contributed by atoms with Crippen LogP contribution in [0.3, 0.4) is 0 Å². The number of rotatable bonds is 7. The quantitative estimate of drug-likeness (QED) is 0.555. The van der Waals surface area contributed by atoms with Gasteiger partial charge in [-0.15, -0.1) is 0 Å². The maximum atomic E-state index is 13.4. The van der Waals surface area contributed by atoms with Gasteiger partial charge in [0, 0.05) is 18.3 Å². The number of methoxy groups -OCH3 is 1. The molecule has 6 nitrogen and oxygen atoms in total. The van der Waals surface area contributed by atoms with Gasteiger partial charge in [-0.2, -0.15) is 0 Å². The number of nitrogens with zero attached hydrogens (tertiary/aromatic N) is 1. The smallest absolute Gasteiger partial charge is 0.234 e. The molecular weight excluding hydrogens is 392 g/mol. The maximum absolute atomic E-state index is 13.4. The summed E-state index contributed by atoms with van der Waals surface area (Å²) in [7, 11) is 1.60. The maximum Gasteiger partial charge on any atom is 0.234 e. The van der Waals surface area contributed by atoms with Gasteiger partial charge in [-0.25, -0.2) is 0 Å². The zero-order chi connectivity index (χ0) is 21.4. The Kier molecular flexibility index (Phi) is 5.02. The lowest BCUT2D eigenvalue weighted by Crippen LogP contribution is -2.44. The van der Waals surface area contributed by atoms with Crippen molar-refractivity contribution in [1.29, 1.82) is 0 Å². The molecule has 2 saturated heterocycles. The Bertz CT molecular complexity index is 1020. The van der Waals surface area contributed by atoms with E-state index < -0.39 is 17.4 Å². The Balaban J connectivity index is 1.27. The van der Waals surface area contributed by atoms with Crippen molar-refractivity contribution in [2.45, 2.75) is 24.5 Å². The number of hydrogen-bond donors (Lipinski definition) is 1. The Morgan fingerprint density at radius 2 is 2.06 bits per heavy atom. The molecule has 2 aromatic rings. The molecule has 2 fully saturated rings. The molecule has 6 heteroatoms. The highest BCUT2D eigenvalue weighted by molar-refractivity contribution is 6.03. The van der Waals surface area contributed by atoms with Gasteiger partial charge >= 0.3 is 0 Å². The number of amides is 2. The van der Waals surface area contributed by atoms with Crippen molar-refractivity contribution in [3.05, 3.63) is 72.3 Å². The van der Waals surface area contributed by atoms with Gasteiger partial charge in [-0.3, -0.25) is 9.59 Å². The molecule has 1 spiro atoms. The van der Waals surface area contributed by atoms with E-state index >= 15 is 0 Å². The SMILES string of the molecule is COc1cccc(N2C[C@@]34C=C[C@@H](O3)[C@H](C(=O)NCCCc3ccccc3)[C@@H]4C2=O)c1. The van der Waals surface area contributed by atoms with E-state index in [-0.39, 0.29) is 17.9 Å². The number of ether oxygens (including phenoxy) is 2. The molecule has 160 valence electrons. The Morgan fingerprint density at radius 1 is 1.23 bits per heavy atom. The summed E-state index contributed by atoms with van der Waals surface area (Å²) >= 11 is 0. The molecule has 0 unspecified atom stereocenters. The highest BCUT2D eigenvalue weighted by Gasteiger charge is 2.67. The zero-order valence-electron chi connectivity index (χ0n) is 17.5. The van der Waals surface area contributed by atoms with Crippen molar-refractivity contribution in [1.82, 2.24) is 5.32 Å². The first-order chi connectivity index (χ1) is 15.1. The van der Waals surface area contributed by atoms with Gasteiger partial charge in [0.15, 0.2) is 0 Å². The second-order valence-electron chi connectivity index (χ2n) is 8.41. The third-order valence-electron chi connectivity index (χ3n) is 6.55. The van der Waals surface area contributed by atoms with Gasteiger partial charge in [0.25, 0.3) is 0 Å². The molecule has 2 aromatic carbocycles. The second kappa shape index (κ2) is 7.85. The molecule has 4 atom stereocenters. The third-order valence-corrected chi connectivity index (χ3v) is 6.55. The first-order valence-electron chi connectivity index (χ1n) is 10.8. The normalized spacial score (nSPS) is 28.1. The molecule has 3 aliphatic rings. The minimum absolute atomic E-state index is 0.0652. The number of carbonyl (C=O) groups is 2. The summed E-state index contributed by atoms with van der Waals surface area (Å²) < 4.78 is 11.5. The number of hydrogen-bond acceptors (Lipinski definition) is 4. The van der Waals surface area contributed by atoms with Gasteiger partial charge in [-0.1, -0.05) is 48.6 Å². The molecule has 3 aliphatic heterocycles. The predicted molar refractivity (Wildman–Crippen MR) is 117 cm³/mol. The second-order valence-corrected chi connectivity index (χ2v) is 8.41. The highest BCUT2D eigenvalue weighted by atomic mass is 16.5. The fourth-order valence-electron chi connectivity index (χ4n) is 5.06. The van der Waals surface area contributed by atoms with Crippen LogP contribution in [0.1, 0.15) is 12.0 Å². The summed E-state index contributed by atoms with van der Waals surface area (Å²) in [5.41, 5.74) is 1.29. The van der Waals surface area contributed by atoms with Crippen LogP contribution in [0.2, 0.25) is 0 Å². The van der Waals surface area contributed by atoms with E-state index in [4.69, 9.17) is 9.47 Å². The lowest BCUT2D eigenvalue weighted by atomic mass is 9.77. The average molecular weight is 418 g/mol. The van der Waals surface area contributed by atoms with Crippen molar-refractivity contribution in [2.75, 3.05) is 25.1 Å². The minimum atomic E-state index is -0.725. The van der Waals surface area contributed by atoms with Crippen LogP contribution in [0.5, 0.6) is 5.75 Å². The Labute approximate surface area is 181 Å². The number of anilines is 1. The van der Waals surface area contributed by atoms with E-state index in [1.54, 1.807) is 12.0 Å². The van der Waals surface area contributed by atoms with Crippen molar-refractivity contribution >= 4 is 17.5 Å². The molecule has 0 aromatic heterocycles. The number of nitrogens with one attached hydrogen (secondary N) is 1.